The van der Waals surface area contributed by atoms with Crippen LogP contribution < -0.4 is 5.32 Å². The van der Waals surface area contributed by atoms with Gasteiger partial charge in [0.05, 0.1) is 33.9 Å². The van der Waals surface area contributed by atoms with Crippen molar-refractivity contribution >= 4 is 17.2 Å². The molecular weight excluding hydrogens is 354 g/mol. The summed E-state index contributed by atoms with van der Waals surface area (Å²) in [5.74, 6) is -0.948. The van der Waals surface area contributed by atoms with Gasteiger partial charge >= 0.3 is 5.97 Å². The quantitative estimate of drug-likeness (QED) is 0.727. The average molecular weight is 377 g/mol. The highest BCUT2D eigenvalue weighted by molar-refractivity contribution is 5.95. The molecule has 4 heterocycles. The van der Waals surface area contributed by atoms with Crippen LogP contribution in [-0.4, -0.2) is 56.8 Å². The molecule has 7 heteroatoms. The third kappa shape index (κ3) is 3.03. The average Bonchev–Trinajstić information content (AvgIpc) is 3.11. The molecule has 7 nitrogen and oxygen atoms in total. The Hall–Kier alpha value is -3.19. The van der Waals surface area contributed by atoms with E-state index in [0.29, 0.717) is 11.3 Å². The number of carboxylic acid groups (broad SMARTS) is 1. The summed E-state index contributed by atoms with van der Waals surface area (Å²) >= 11 is 0. The van der Waals surface area contributed by atoms with Crippen LogP contribution in [0.4, 0.5) is 0 Å². The number of carbonyl (C=O) groups is 1. The van der Waals surface area contributed by atoms with Crippen LogP contribution in [0.3, 0.4) is 0 Å². The van der Waals surface area contributed by atoms with Crippen LogP contribution in [0.2, 0.25) is 0 Å². The van der Waals surface area contributed by atoms with E-state index in [4.69, 9.17) is 0 Å². The lowest BCUT2D eigenvalue weighted by Gasteiger charge is -2.32. The Kier molecular flexibility index (Phi) is 4.60. The van der Waals surface area contributed by atoms with Crippen molar-refractivity contribution in [3.63, 3.8) is 0 Å². The number of rotatable bonds is 4. The number of nitrogens with zero attached hydrogens (tertiary/aromatic N) is 4. The van der Waals surface area contributed by atoms with Crippen LogP contribution in [0.5, 0.6) is 0 Å². The first kappa shape index (κ1) is 18.2. The first-order valence-corrected chi connectivity index (χ1v) is 9.31. The van der Waals surface area contributed by atoms with Crippen molar-refractivity contribution in [3.8, 4) is 11.3 Å². The fourth-order valence-corrected chi connectivity index (χ4v) is 3.76. The molecule has 0 bridgehead atoms. The predicted molar refractivity (Wildman–Crippen MR) is 108 cm³/mol. The van der Waals surface area contributed by atoms with E-state index in [1.54, 1.807) is 6.07 Å². The summed E-state index contributed by atoms with van der Waals surface area (Å²) in [6.45, 7) is 11.5. The lowest BCUT2D eigenvalue weighted by molar-refractivity contribution is 0.0696. The maximum Gasteiger partial charge on any atom is 0.336 e. The van der Waals surface area contributed by atoms with Gasteiger partial charge in [0, 0.05) is 37.9 Å². The Morgan fingerprint density at radius 2 is 1.93 bits per heavy atom. The molecule has 3 aromatic rings. The molecule has 1 aliphatic heterocycles. The predicted octanol–water partition coefficient (Wildman–Crippen LogP) is 2.59. The van der Waals surface area contributed by atoms with Crippen molar-refractivity contribution in [1.29, 1.82) is 0 Å². The molecule has 2 N–H and O–H groups in total. The number of aromatic nitrogens is 3. The molecule has 0 unspecified atom stereocenters. The summed E-state index contributed by atoms with van der Waals surface area (Å²) in [7, 11) is 0. The third-order valence-corrected chi connectivity index (χ3v) is 5.28. The molecule has 144 valence electrons. The Morgan fingerprint density at radius 3 is 2.57 bits per heavy atom. The lowest BCUT2D eigenvalue weighted by Crippen LogP contribution is -2.42. The second-order valence-corrected chi connectivity index (χ2v) is 7.07. The lowest BCUT2D eigenvalue weighted by atomic mass is 10.0. The Balaban J connectivity index is 1.93. The van der Waals surface area contributed by atoms with Gasteiger partial charge in [-0.1, -0.05) is 6.58 Å². The van der Waals surface area contributed by atoms with Crippen molar-refractivity contribution in [3.05, 3.63) is 59.6 Å². The Morgan fingerprint density at radius 1 is 1.18 bits per heavy atom. The molecule has 4 rings (SSSR count). The van der Waals surface area contributed by atoms with Crippen LogP contribution in [-0.2, 0) is 0 Å². The topological polar surface area (TPSA) is 82.8 Å². The molecular formula is C21H23N5O2. The van der Waals surface area contributed by atoms with Gasteiger partial charge < -0.3 is 19.7 Å². The fraction of sp³-hybridized carbons (Fsp3) is 0.286. The minimum Gasteiger partial charge on any atom is -0.478 e. The molecule has 1 saturated heterocycles. The maximum atomic E-state index is 11.9. The number of carboxylic acids is 1. The van der Waals surface area contributed by atoms with Gasteiger partial charge in [0.25, 0.3) is 0 Å². The van der Waals surface area contributed by atoms with E-state index >= 15 is 0 Å². The van der Waals surface area contributed by atoms with Gasteiger partial charge in [0.2, 0.25) is 0 Å². The number of aromatic carboxylic acids is 1. The molecule has 0 spiro atoms. The number of nitrogens with one attached hydrogen (secondary N) is 1. The van der Waals surface area contributed by atoms with E-state index in [9.17, 15) is 9.90 Å². The monoisotopic (exact) mass is 377 g/mol. The molecule has 28 heavy (non-hydrogen) atoms. The summed E-state index contributed by atoms with van der Waals surface area (Å²) in [5, 5.41) is 21.5. The molecule has 0 amide bonds. The number of hydrogen-bond donors (Lipinski definition) is 2. The first-order valence-electron chi connectivity index (χ1n) is 9.31. The largest absolute Gasteiger partial charge is 0.478 e. The van der Waals surface area contributed by atoms with Crippen molar-refractivity contribution in [2.24, 2.45) is 0 Å². The highest BCUT2D eigenvalue weighted by Gasteiger charge is 2.23. The standard InChI is InChI=1S/C21H23N5O2/c1-13-4-5-18(24-23-13)16-6-9-26-19(16)12-17(21(27)28)14(2)20(26)15(3)25-10-7-22-8-11-25/h4-6,9,12,22H,3,7-8,10-11H2,1-2H3,(H,27,28). The van der Waals surface area contributed by atoms with E-state index in [1.807, 2.05) is 42.6 Å². The Labute approximate surface area is 163 Å². The second kappa shape index (κ2) is 7.09. The van der Waals surface area contributed by atoms with E-state index in [-0.39, 0.29) is 5.56 Å². The normalized spacial score (nSPS) is 14.4. The zero-order chi connectivity index (χ0) is 19.8. The summed E-state index contributed by atoms with van der Waals surface area (Å²) in [4.78, 5) is 14.1. The molecule has 1 fully saturated rings. The third-order valence-electron chi connectivity index (χ3n) is 5.28. The van der Waals surface area contributed by atoms with Gasteiger partial charge in [-0.25, -0.2) is 4.79 Å². The van der Waals surface area contributed by atoms with Gasteiger partial charge in [-0.2, -0.15) is 10.2 Å². The molecule has 0 atom stereocenters. The van der Waals surface area contributed by atoms with Crippen LogP contribution in [0.1, 0.15) is 27.3 Å². The summed E-state index contributed by atoms with van der Waals surface area (Å²) in [6, 6.07) is 7.47. The summed E-state index contributed by atoms with van der Waals surface area (Å²) in [5.41, 5.74) is 5.83. The molecule has 0 aromatic carbocycles. The van der Waals surface area contributed by atoms with Gasteiger partial charge in [0.15, 0.2) is 0 Å². The Bertz CT molecular complexity index is 1060. The zero-order valence-corrected chi connectivity index (χ0v) is 16.1. The molecule has 0 radical (unpaired) electrons. The van der Waals surface area contributed by atoms with E-state index in [1.165, 1.54) is 0 Å². The van der Waals surface area contributed by atoms with E-state index in [0.717, 1.165) is 54.3 Å². The van der Waals surface area contributed by atoms with Gasteiger partial charge in [-0.3, -0.25) is 0 Å². The SMILES string of the molecule is C=C(c1c(C)c(C(=O)O)cc2c(-c3ccc(C)nn3)ccn12)N1CCNCC1. The van der Waals surface area contributed by atoms with Crippen molar-refractivity contribution in [2.75, 3.05) is 26.2 Å². The number of aryl methyl sites for hydroxylation is 1. The van der Waals surface area contributed by atoms with Crippen molar-refractivity contribution in [1.82, 2.24) is 24.8 Å². The fourth-order valence-electron chi connectivity index (χ4n) is 3.76. The van der Waals surface area contributed by atoms with E-state index in [2.05, 4.69) is 27.0 Å². The number of piperazine rings is 1. The van der Waals surface area contributed by atoms with Crippen LogP contribution in [0, 0.1) is 13.8 Å². The van der Waals surface area contributed by atoms with Gasteiger partial charge in [-0.15, -0.1) is 0 Å². The zero-order valence-electron chi connectivity index (χ0n) is 16.1. The van der Waals surface area contributed by atoms with Gasteiger partial charge in [0.1, 0.15) is 0 Å². The molecule has 0 saturated carbocycles. The van der Waals surface area contributed by atoms with E-state index < -0.39 is 5.97 Å². The first-order chi connectivity index (χ1) is 13.5. The smallest absolute Gasteiger partial charge is 0.336 e. The van der Waals surface area contributed by atoms with Crippen LogP contribution in [0.15, 0.2) is 37.0 Å². The maximum absolute atomic E-state index is 11.9. The number of fused-ring (bicyclic) bond motifs is 1. The number of hydrogen-bond acceptors (Lipinski definition) is 5. The van der Waals surface area contributed by atoms with Crippen LogP contribution >= 0.6 is 0 Å². The van der Waals surface area contributed by atoms with Crippen molar-refractivity contribution < 1.29 is 9.90 Å². The molecule has 0 aliphatic carbocycles. The molecule has 1 aliphatic rings. The number of pyridine rings is 1. The summed E-state index contributed by atoms with van der Waals surface area (Å²) < 4.78 is 2.02. The van der Waals surface area contributed by atoms with Crippen LogP contribution in [0.25, 0.3) is 22.5 Å². The second-order valence-electron chi connectivity index (χ2n) is 7.07. The molecule has 3 aromatic heterocycles. The minimum absolute atomic E-state index is 0.277. The van der Waals surface area contributed by atoms with Crippen molar-refractivity contribution in [2.45, 2.75) is 13.8 Å². The summed E-state index contributed by atoms with van der Waals surface area (Å²) in [6.07, 6.45) is 1.95. The highest BCUT2D eigenvalue weighted by atomic mass is 16.4. The minimum atomic E-state index is -0.948. The van der Waals surface area contributed by atoms with Gasteiger partial charge in [-0.05, 0) is 43.7 Å². The highest BCUT2D eigenvalue weighted by Crippen LogP contribution is 2.32.